The smallest absolute Gasteiger partial charge is 0.262 e. The third-order valence-corrected chi connectivity index (χ3v) is 5.73. The summed E-state index contributed by atoms with van der Waals surface area (Å²) >= 11 is 7.22. The van der Waals surface area contributed by atoms with Crippen LogP contribution in [0.5, 0.6) is 0 Å². The summed E-state index contributed by atoms with van der Waals surface area (Å²) in [6, 6.07) is 11.6. The first-order valence-corrected chi connectivity index (χ1v) is 10.5. The molecule has 8 heteroatoms. The number of rotatable bonds is 7. The molecule has 30 heavy (non-hydrogen) atoms. The van der Waals surface area contributed by atoms with Crippen molar-refractivity contribution in [3.63, 3.8) is 0 Å². The van der Waals surface area contributed by atoms with Crippen LogP contribution >= 0.6 is 23.4 Å². The zero-order valence-electron chi connectivity index (χ0n) is 16.5. The first-order chi connectivity index (χ1) is 14.3. The molecule has 1 atom stereocenters. The Labute approximate surface area is 183 Å². The first kappa shape index (κ1) is 21.8. The predicted molar refractivity (Wildman–Crippen MR) is 122 cm³/mol. The Morgan fingerprint density at radius 1 is 1.27 bits per heavy atom. The summed E-state index contributed by atoms with van der Waals surface area (Å²) in [6.45, 7) is 7.19. The Bertz CT molecular complexity index is 1190. The number of nitrogens with one attached hydrogen (secondary N) is 1. The molecule has 0 fully saturated rings. The number of carbonyl (C=O) groups excluding carboxylic acids is 2. The van der Waals surface area contributed by atoms with E-state index >= 15 is 0 Å². The lowest BCUT2D eigenvalue weighted by atomic mass is 10.1. The summed E-state index contributed by atoms with van der Waals surface area (Å²) in [6.07, 6.45) is 1.61. The van der Waals surface area contributed by atoms with Gasteiger partial charge in [0.2, 0.25) is 5.91 Å². The number of hydrogen-bond donors (Lipinski definition) is 1. The molecular formula is C22H20ClN3O3S. The lowest BCUT2D eigenvalue weighted by Crippen LogP contribution is -2.26. The highest BCUT2D eigenvalue weighted by molar-refractivity contribution is 8.00. The van der Waals surface area contributed by atoms with Crippen LogP contribution in [0.25, 0.3) is 10.9 Å². The number of anilines is 1. The monoisotopic (exact) mass is 441 g/mol. The molecule has 0 bridgehead atoms. The maximum Gasteiger partial charge on any atom is 0.262 e. The molecule has 2 aromatic carbocycles. The highest BCUT2D eigenvalue weighted by Gasteiger charge is 2.19. The van der Waals surface area contributed by atoms with Crippen LogP contribution in [0.4, 0.5) is 5.69 Å². The van der Waals surface area contributed by atoms with Crippen molar-refractivity contribution in [2.24, 2.45) is 0 Å². The number of halogens is 1. The summed E-state index contributed by atoms with van der Waals surface area (Å²) in [7, 11) is 0. The normalized spacial score (nSPS) is 11.8. The molecule has 1 aromatic heterocycles. The standard InChI is InChI=1S/C22H20ClN3O3S/c1-4-11-26-21(29)18-10-7-16(23)12-19(18)25-22(26)30-14(3)20(28)24-17-8-5-15(6-9-17)13(2)27/h4-10,12,14H,1,11H2,2-3H3,(H,24,28)/t14-/m1/s1. The number of fused-ring (bicyclic) bond motifs is 1. The summed E-state index contributed by atoms with van der Waals surface area (Å²) in [4.78, 5) is 41.5. The van der Waals surface area contributed by atoms with Gasteiger partial charge < -0.3 is 5.32 Å². The van der Waals surface area contributed by atoms with Gasteiger partial charge in [-0.1, -0.05) is 29.4 Å². The van der Waals surface area contributed by atoms with Crippen LogP contribution in [0.1, 0.15) is 24.2 Å². The minimum atomic E-state index is -0.530. The number of amides is 1. The molecule has 6 nitrogen and oxygen atoms in total. The summed E-state index contributed by atoms with van der Waals surface area (Å²) in [5, 5.41) is 3.62. The van der Waals surface area contributed by atoms with Gasteiger partial charge in [0.15, 0.2) is 10.9 Å². The highest BCUT2D eigenvalue weighted by Crippen LogP contribution is 2.25. The maximum absolute atomic E-state index is 12.9. The second-order valence-electron chi connectivity index (χ2n) is 6.64. The Balaban J connectivity index is 1.85. The lowest BCUT2D eigenvalue weighted by Gasteiger charge is -2.15. The van der Waals surface area contributed by atoms with Crippen LogP contribution in [0.15, 0.2) is 65.1 Å². The fourth-order valence-corrected chi connectivity index (χ4v) is 3.88. The zero-order chi connectivity index (χ0) is 21.8. The van der Waals surface area contributed by atoms with Crippen molar-refractivity contribution >= 4 is 51.6 Å². The second kappa shape index (κ2) is 9.28. The average molecular weight is 442 g/mol. The summed E-state index contributed by atoms with van der Waals surface area (Å²) in [5.74, 6) is -0.291. The van der Waals surface area contributed by atoms with Crippen molar-refractivity contribution in [1.82, 2.24) is 9.55 Å². The number of hydrogen-bond acceptors (Lipinski definition) is 5. The zero-order valence-corrected chi connectivity index (χ0v) is 18.1. The topological polar surface area (TPSA) is 81.1 Å². The van der Waals surface area contributed by atoms with Crippen molar-refractivity contribution in [3.05, 3.63) is 76.1 Å². The quantitative estimate of drug-likeness (QED) is 0.251. The number of allylic oxidation sites excluding steroid dienone is 1. The van der Waals surface area contributed by atoms with E-state index in [1.54, 1.807) is 55.5 Å². The Morgan fingerprint density at radius 3 is 2.60 bits per heavy atom. The molecule has 1 heterocycles. The molecule has 1 N–H and O–H groups in total. The fourth-order valence-electron chi connectivity index (χ4n) is 2.80. The van der Waals surface area contributed by atoms with Crippen LogP contribution in [0, 0.1) is 0 Å². The SMILES string of the molecule is C=CCn1c(S[C@H](C)C(=O)Nc2ccc(C(C)=O)cc2)nc2cc(Cl)ccc2c1=O. The van der Waals surface area contributed by atoms with E-state index in [-0.39, 0.29) is 23.8 Å². The van der Waals surface area contributed by atoms with E-state index in [4.69, 9.17) is 11.6 Å². The van der Waals surface area contributed by atoms with Crippen molar-refractivity contribution in [3.8, 4) is 0 Å². The highest BCUT2D eigenvalue weighted by atomic mass is 35.5. The lowest BCUT2D eigenvalue weighted by molar-refractivity contribution is -0.115. The molecule has 3 aromatic rings. The fraction of sp³-hybridized carbons (Fsp3) is 0.182. The number of nitrogens with zero attached hydrogens (tertiary/aromatic N) is 2. The van der Waals surface area contributed by atoms with E-state index in [1.165, 1.54) is 23.3 Å². The molecule has 0 aliphatic heterocycles. The Kier molecular flexibility index (Phi) is 6.74. The number of Topliss-reactive ketones (excluding diaryl/α,β-unsaturated/α-hetero) is 1. The second-order valence-corrected chi connectivity index (χ2v) is 8.39. The Hall–Kier alpha value is -2.90. The van der Waals surface area contributed by atoms with Gasteiger partial charge in [-0.2, -0.15) is 0 Å². The van der Waals surface area contributed by atoms with Crippen LogP contribution in [-0.2, 0) is 11.3 Å². The third kappa shape index (κ3) is 4.80. The van der Waals surface area contributed by atoms with Crippen molar-refractivity contribution in [2.75, 3.05) is 5.32 Å². The minimum Gasteiger partial charge on any atom is -0.325 e. The summed E-state index contributed by atoms with van der Waals surface area (Å²) < 4.78 is 1.49. The van der Waals surface area contributed by atoms with Crippen molar-refractivity contribution in [2.45, 2.75) is 30.8 Å². The Morgan fingerprint density at radius 2 is 1.97 bits per heavy atom. The van der Waals surface area contributed by atoms with Gasteiger partial charge in [0.05, 0.1) is 16.2 Å². The van der Waals surface area contributed by atoms with Crippen LogP contribution in [-0.4, -0.2) is 26.5 Å². The maximum atomic E-state index is 12.9. The van der Waals surface area contributed by atoms with Crippen molar-refractivity contribution in [1.29, 1.82) is 0 Å². The molecule has 1 amide bonds. The van der Waals surface area contributed by atoms with Crippen LogP contribution in [0.3, 0.4) is 0 Å². The average Bonchev–Trinajstić information content (AvgIpc) is 2.71. The predicted octanol–water partition coefficient (Wildman–Crippen LogP) is 4.56. The molecule has 0 aliphatic carbocycles. The molecule has 0 saturated heterocycles. The molecule has 3 rings (SSSR count). The molecule has 0 saturated carbocycles. The van der Waals surface area contributed by atoms with Crippen LogP contribution < -0.4 is 10.9 Å². The molecule has 154 valence electrons. The molecular weight excluding hydrogens is 422 g/mol. The molecule has 0 unspecified atom stereocenters. The summed E-state index contributed by atoms with van der Waals surface area (Å²) in [5.41, 5.74) is 1.41. The van der Waals surface area contributed by atoms with E-state index in [9.17, 15) is 14.4 Å². The van der Waals surface area contributed by atoms with Gasteiger partial charge in [-0.15, -0.1) is 6.58 Å². The van der Waals surface area contributed by atoms with Gasteiger partial charge in [0.25, 0.3) is 5.56 Å². The number of ketones is 1. The third-order valence-electron chi connectivity index (χ3n) is 4.40. The van der Waals surface area contributed by atoms with Crippen LogP contribution in [0.2, 0.25) is 5.02 Å². The van der Waals surface area contributed by atoms with E-state index in [1.807, 2.05) is 0 Å². The molecule has 0 aliphatic rings. The van der Waals surface area contributed by atoms with E-state index in [0.717, 1.165) is 0 Å². The number of aromatic nitrogens is 2. The number of thioether (sulfide) groups is 1. The van der Waals surface area contributed by atoms with Gasteiger partial charge >= 0.3 is 0 Å². The molecule has 0 radical (unpaired) electrons. The molecule has 0 spiro atoms. The van der Waals surface area contributed by atoms with Gasteiger partial charge in [-0.3, -0.25) is 19.0 Å². The van der Waals surface area contributed by atoms with Gasteiger partial charge in [0.1, 0.15) is 0 Å². The number of benzene rings is 2. The largest absolute Gasteiger partial charge is 0.325 e. The van der Waals surface area contributed by atoms with Gasteiger partial charge in [-0.25, -0.2) is 4.98 Å². The van der Waals surface area contributed by atoms with Gasteiger partial charge in [0, 0.05) is 22.8 Å². The first-order valence-electron chi connectivity index (χ1n) is 9.19. The number of carbonyl (C=O) groups is 2. The van der Waals surface area contributed by atoms with Crippen molar-refractivity contribution < 1.29 is 9.59 Å². The van der Waals surface area contributed by atoms with E-state index in [2.05, 4.69) is 16.9 Å². The van der Waals surface area contributed by atoms with Gasteiger partial charge in [-0.05, 0) is 56.3 Å². The van der Waals surface area contributed by atoms with E-state index in [0.29, 0.717) is 32.3 Å². The van der Waals surface area contributed by atoms with E-state index < -0.39 is 5.25 Å². The minimum absolute atomic E-state index is 0.0422.